The molecule has 0 atom stereocenters. The molecular formula is C19H19ClN2O4. The van der Waals surface area contributed by atoms with Crippen molar-refractivity contribution in [1.82, 2.24) is 5.32 Å². The van der Waals surface area contributed by atoms with E-state index in [0.717, 1.165) is 11.1 Å². The van der Waals surface area contributed by atoms with E-state index in [1.807, 2.05) is 6.07 Å². The number of carbonyl (C=O) groups is 3. The first-order chi connectivity index (χ1) is 12.4. The van der Waals surface area contributed by atoms with Gasteiger partial charge in [0.25, 0.3) is 5.91 Å². The van der Waals surface area contributed by atoms with Gasteiger partial charge in [0.2, 0.25) is 5.91 Å². The number of benzene rings is 2. The summed E-state index contributed by atoms with van der Waals surface area (Å²) in [4.78, 5) is 34.5. The van der Waals surface area contributed by atoms with Gasteiger partial charge in [0, 0.05) is 24.2 Å². The number of esters is 1. The molecule has 26 heavy (non-hydrogen) atoms. The number of anilines is 1. The monoisotopic (exact) mass is 374 g/mol. The number of carbonyl (C=O) groups excluding carboxylic acids is 3. The first-order valence-electron chi connectivity index (χ1n) is 7.96. The van der Waals surface area contributed by atoms with Crippen LogP contribution in [0, 0.1) is 0 Å². The summed E-state index contributed by atoms with van der Waals surface area (Å²) in [6, 6.07) is 14.0. The Hall–Kier alpha value is -2.86. The number of halogens is 1. The average Bonchev–Trinajstić information content (AvgIpc) is 2.60. The van der Waals surface area contributed by atoms with E-state index in [1.54, 1.807) is 42.5 Å². The van der Waals surface area contributed by atoms with Gasteiger partial charge in [0.15, 0.2) is 6.61 Å². The molecular weight excluding hydrogens is 356 g/mol. The smallest absolute Gasteiger partial charge is 0.310 e. The van der Waals surface area contributed by atoms with E-state index in [9.17, 15) is 14.4 Å². The molecule has 7 heteroatoms. The number of nitrogens with one attached hydrogen (secondary N) is 2. The molecule has 0 aliphatic rings. The van der Waals surface area contributed by atoms with E-state index in [0.29, 0.717) is 10.7 Å². The quantitative estimate of drug-likeness (QED) is 0.730. The fourth-order valence-corrected chi connectivity index (χ4v) is 2.36. The van der Waals surface area contributed by atoms with Crippen molar-refractivity contribution in [3.05, 3.63) is 64.7 Å². The van der Waals surface area contributed by atoms with Crippen LogP contribution < -0.4 is 10.6 Å². The minimum Gasteiger partial charge on any atom is -0.455 e. The highest BCUT2D eigenvalue weighted by Crippen LogP contribution is 2.14. The Kier molecular flexibility index (Phi) is 7.17. The molecule has 0 radical (unpaired) electrons. The third-order valence-electron chi connectivity index (χ3n) is 3.42. The standard InChI is InChI=1S/C19H19ClN2O4/c1-13(23)22-16-8-6-14(7-9-16)10-19(25)26-12-18(24)21-11-15-4-2-3-5-17(15)20/h2-9H,10-12H2,1H3,(H,21,24)(H,22,23). The number of hydrogen-bond donors (Lipinski definition) is 2. The van der Waals surface area contributed by atoms with Crippen molar-refractivity contribution in [2.75, 3.05) is 11.9 Å². The summed E-state index contributed by atoms with van der Waals surface area (Å²) in [5.74, 6) is -1.08. The van der Waals surface area contributed by atoms with Gasteiger partial charge in [0.1, 0.15) is 0 Å². The normalized spacial score (nSPS) is 10.1. The molecule has 0 heterocycles. The number of ether oxygens (including phenoxy) is 1. The van der Waals surface area contributed by atoms with Crippen LogP contribution in [0.15, 0.2) is 48.5 Å². The zero-order chi connectivity index (χ0) is 18.9. The fraction of sp³-hybridized carbons (Fsp3) is 0.211. The van der Waals surface area contributed by atoms with Crippen molar-refractivity contribution < 1.29 is 19.1 Å². The van der Waals surface area contributed by atoms with Crippen LogP contribution in [0.25, 0.3) is 0 Å². The summed E-state index contributed by atoms with van der Waals surface area (Å²) < 4.78 is 4.97. The third kappa shape index (κ3) is 6.57. The Labute approximate surface area is 156 Å². The van der Waals surface area contributed by atoms with Gasteiger partial charge < -0.3 is 15.4 Å². The lowest BCUT2D eigenvalue weighted by Gasteiger charge is -2.08. The van der Waals surface area contributed by atoms with E-state index in [4.69, 9.17) is 16.3 Å². The molecule has 0 aliphatic carbocycles. The molecule has 0 aliphatic heterocycles. The second-order valence-corrected chi connectivity index (χ2v) is 5.99. The molecule has 0 aromatic heterocycles. The van der Waals surface area contributed by atoms with Gasteiger partial charge >= 0.3 is 5.97 Å². The van der Waals surface area contributed by atoms with Crippen LogP contribution in [0.3, 0.4) is 0 Å². The van der Waals surface area contributed by atoms with Crippen LogP contribution in [0.2, 0.25) is 5.02 Å². The molecule has 0 spiro atoms. The minimum atomic E-state index is -0.509. The second kappa shape index (κ2) is 9.58. The van der Waals surface area contributed by atoms with Crippen molar-refractivity contribution in [1.29, 1.82) is 0 Å². The van der Waals surface area contributed by atoms with Crippen molar-refractivity contribution in [2.24, 2.45) is 0 Å². The zero-order valence-corrected chi connectivity index (χ0v) is 15.0. The molecule has 0 saturated carbocycles. The van der Waals surface area contributed by atoms with Crippen molar-refractivity contribution >= 4 is 35.1 Å². The highest BCUT2D eigenvalue weighted by Gasteiger charge is 2.09. The summed E-state index contributed by atoms with van der Waals surface area (Å²) in [6.07, 6.45) is 0.0398. The maximum absolute atomic E-state index is 11.8. The van der Waals surface area contributed by atoms with Crippen LogP contribution in [0.5, 0.6) is 0 Å². The molecule has 0 unspecified atom stereocenters. The van der Waals surface area contributed by atoms with Gasteiger partial charge in [-0.15, -0.1) is 0 Å². The first kappa shape index (κ1) is 19.5. The topological polar surface area (TPSA) is 84.5 Å². The van der Waals surface area contributed by atoms with Crippen LogP contribution >= 0.6 is 11.6 Å². The number of rotatable bonds is 7. The Bertz CT molecular complexity index is 790. The Morgan fingerprint density at radius 2 is 1.73 bits per heavy atom. The lowest BCUT2D eigenvalue weighted by Crippen LogP contribution is -2.28. The lowest BCUT2D eigenvalue weighted by atomic mass is 10.1. The van der Waals surface area contributed by atoms with Gasteiger partial charge in [-0.3, -0.25) is 14.4 Å². The fourth-order valence-electron chi connectivity index (χ4n) is 2.16. The summed E-state index contributed by atoms with van der Waals surface area (Å²) in [6.45, 7) is 1.33. The maximum Gasteiger partial charge on any atom is 0.310 e. The van der Waals surface area contributed by atoms with Crippen molar-refractivity contribution in [2.45, 2.75) is 19.9 Å². The van der Waals surface area contributed by atoms with E-state index >= 15 is 0 Å². The van der Waals surface area contributed by atoms with Gasteiger partial charge in [-0.05, 0) is 29.3 Å². The highest BCUT2D eigenvalue weighted by atomic mass is 35.5. The number of amides is 2. The highest BCUT2D eigenvalue weighted by molar-refractivity contribution is 6.31. The van der Waals surface area contributed by atoms with Gasteiger partial charge in [0.05, 0.1) is 6.42 Å². The van der Waals surface area contributed by atoms with Crippen LogP contribution in [-0.4, -0.2) is 24.4 Å². The molecule has 136 valence electrons. The van der Waals surface area contributed by atoms with Gasteiger partial charge in [-0.25, -0.2) is 0 Å². The van der Waals surface area contributed by atoms with Crippen LogP contribution in [-0.2, 0) is 32.1 Å². The molecule has 2 amide bonds. The Morgan fingerprint density at radius 3 is 2.38 bits per heavy atom. The van der Waals surface area contributed by atoms with Gasteiger partial charge in [-0.1, -0.05) is 41.9 Å². The Morgan fingerprint density at radius 1 is 1.04 bits per heavy atom. The molecule has 2 N–H and O–H groups in total. The molecule has 2 rings (SSSR count). The van der Waals surface area contributed by atoms with E-state index in [2.05, 4.69) is 10.6 Å². The van der Waals surface area contributed by atoms with Crippen LogP contribution in [0.4, 0.5) is 5.69 Å². The average molecular weight is 375 g/mol. The summed E-state index contributed by atoms with van der Waals surface area (Å²) in [5.41, 5.74) is 2.15. The summed E-state index contributed by atoms with van der Waals surface area (Å²) >= 11 is 6.00. The zero-order valence-electron chi connectivity index (χ0n) is 14.3. The molecule has 0 bridgehead atoms. The molecule has 0 saturated heterocycles. The first-order valence-corrected chi connectivity index (χ1v) is 8.34. The molecule has 2 aromatic carbocycles. The number of hydrogen-bond acceptors (Lipinski definition) is 4. The summed E-state index contributed by atoms with van der Waals surface area (Å²) in [7, 11) is 0. The summed E-state index contributed by atoms with van der Waals surface area (Å²) in [5, 5.41) is 5.85. The molecule has 2 aromatic rings. The van der Waals surface area contributed by atoms with E-state index in [1.165, 1.54) is 6.92 Å². The SMILES string of the molecule is CC(=O)Nc1ccc(CC(=O)OCC(=O)NCc2ccccc2Cl)cc1. The molecule has 6 nitrogen and oxygen atoms in total. The third-order valence-corrected chi connectivity index (χ3v) is 3.79. The maximum atomic E-state index is 11.8. The van der Waals surface area contributed by atoms with Gasteiger partial charge in [-0.2, -0.15) is 0 Å². The predicted molar refractivity (Wildman–Crippen MR) is 98.7 cm³/mol. The van der Waals surface area contributed by atoms with E-state index in [-0.39, 0.29) is 25.5 Å². The van der Waals surface area contributed by atoms with Crippen molar-refractivity contribution in [3.63, 3.8) is 0 Å². The Balaban J connectivity index is 1.73. The lowest BCUT2D eigenvalue weighted by molar-refractivity contribution is -0.147. The second-order valence-electron chi connectivity index (χ2n) is 5.58. The van der Waals surface area contributed by atoms with Crippen molar-refractivity contribution in [3.8, 4) is 0 Å². The van der Waals surface area contributed by atoms with Crippen LogP contribution in [0.1, 0.15) is 18.1 Å². The predicted octanol–water partition coefficient (Wildman–Crippen LogP) is 2.70. The molecule has 0 fully saturated rings. The minimum absolute atomic E-state index is 0.0398. The van der Waals surface area contributed by atoms with E-state index < -0.39 is 11.9 Å². The largest absolute Gasteiger partial charge is 0.455 e.